The van der Waals surface area contributed by atoms with Gasteiger partial charge in [0, 0.05) is 61.2 Å². The molecule has 4 aliphatic heterocycles. The third kappa shape index (κ3) is 11.3. The summed E-state index contributed by atoms with van der Waals surface area (Å²) in [6, 6.07) is 27.3. The Labute approximate surface area is 427 Å². The van der Waals surface area contributed by atoms with Crippen LogP contribution in [0.3, 0.4) is 0 Å². The molecule has 4 heterocycles. The second kappa shape index (κ2) is 22.4. The molecule has 74 heavy (non-hydrogen) atoms. The number of unbranched alkanes of at least 4 members (excludes halogenated alkanes) is 1. The van der Waals surface area contributed by atoms with Crippen molar-refractivity contribution in [3.05, 3.63) is 124 Å². The second-order valence-corrected chi connectivity index (χ2v) is 18.4. The molecule has 0 saturated carbocycles. The van der Waals surface area contributed by atoms with Crippen LogP contribution in [0.5, 0.6) is 23.0 Å². The number of nitrogens with one attached hydrogen (secondary N) is 5. The number of ether oxygens (including phenoxy) is 4. The van der Waals surface area contributed by atoms with E-state index in [0.29, 0.717) is 94.5 Å². The Hall–Kier alpha value is -8.74. The van der Waals surface area contributed by atoms with Gasteiger partial charge in [0.25, 0.3) is 11.8 Å². The summed E-state index contributed by atoms with van der Waals surface area (Å²) in [6.07, 6.45) is 4.77. The fourth-order valence-corrected chi connectivity index (χ4v) is 9.54. The number of methoxy groups -OCH3 is 2. The van der Waals surface area contributed by atoms with Crippen molar-refractivity contribution in [2.24, 2.45) is 4.99 Å². The number of fused-ring (bicyclic) bond motifs is 8. The quantitative estimate of drug-likeness (QED) is 0.0601. The first kappa shape index (κ1) is 50.2. The van der Waals surface area contributed by atoms with Crippen LogP contribution in [0.4, 0.5) is 28.4 Å². The molecular weight excluding hydrogens is 949 g/mol. The fourth-order valence-electron chi connectivity index (χ4n) is 9.54. The maximum absolute atomic E-state index is 14.1. The molecule has 0 fully saturated rings. The zero-order chi connectivity index (χ0) is 51.9. The number of hydrogen-bond donors (Lipinski definition) is 5. The predicted molar refractivity (Wildman–Crippen MR) is 276 cm³/mol. The Morgan fingerprint density at radius 3 is 1.86 bits per heavy atom. The summed E-state index contributed by atoms with van der Waals surface area (Å²) in [7, 11) is 2.98. The van der Waals surface area contributed by atoms with Crippen LogP contribution in [0.2, 0.25) is 0 Å². The van der Waals surface area contributed by atoms with Gasteiger partial charge in [0.15, 0.2) is 23.0 Å². The molecule has 0 radical (unpaired) electrons. The number of rotatable bonds is 20. The van der Waals surface area contributed by atoms with Gasteiger partial charge in [0.2, 0.25) is 23.6 Å². The summed E-state index contributed by atoms with van der Waals surface area (Å²) in [5.74, 6) is -1.11. The standard InChI is InChI=1S/C55H56N8O11/c1-32(64)10-4-9-15-50(65)58-27-51(66)59-28-52(67)60-29-53(68)61-37-17-33(30-73-48-23-42-40(21-46(48)71-2)54(69)62-38(25-56-42)19-35-11-5-7-13-44(35)62)16-34(18-37)31-74-49-24-43-41(22-47(49)72-3)55(70)63-39(26-57-43)20-36-12-6-8-14-45(36)63/h5-8,11-14,16-18,21-25,38-39,57H,4,9-10,15,19-20,26-31H2,1-3H3,(H,58,65)(H,59,66)(H,60,67)(H,61,68)/t38-,39?/m0/s1. The molecule has 19 heteroatoms. The highest BCUT2D eigenvalue weighted by Gasteiger charge is 2.39. The monoisotopic (exact) mass is 1000 g/mol. The number of carbonyl (C=O) groups is 7. The topological polar surface area (TPSA) is 235 Å². The molecule has 5 aromatic carbocycles. The molecule has 0 aliphatic carbocycles. The molecule has 2 atom stereocenters. The minimum absolute atomic E-state index is 0.0154. The molecular formula is C55H56N8O11. The fraction of sp³-hybridized carbons (Fsp3) is 0.309. The molecule has 5 N–H and O–H groups in total. The van der Waals surface area contributed by atoms with E-state index in [9.17, 15) is 33.6 Å². The maximum atomic E-state index is 14.1. The number of aliphatic imine (C=N–C) groups is 1. The van der Waals surface area contributed by atoms with E-state index in [2.05, 4.69) is 26.6 Å². The molecule has 19 nitrogen and oxygen atoms in total. The van der Waals surface area contributed by atoms with Gasteiger partial charge in [-0.2, -0.15) is 0 Å². The maximum Gasteiger partial charge on any atom is 0.261 e. The third-order valence-corrected chi connectivity index (χ3v) is 13.1. The summed E-state index contributed by atoms with van der Waals surface area (Å²) >= 11 is 0. The summed E-state index contributed by atoms with van der Waals surface area (Å²) in [5, 5.41) is 13.7. The van der Waals surface area contributed by atoms with Crippen LogP contribution >= 0.6 is 0 Å². The zero-order valence-electron chi connectivity index (χ0n) is 41.2. The number of anilines is 4. The smallest absolute Gasteiger partial charge is 0.261 e. The van der Waals surface area contributed by atoms with E-state index in [1.54, 1.807) is 47.5 Å². The minimum Gasteiger partial charge on any atom is -0.493 e. The van der Waals surface area contributed by atoms with Crippen LogP contribution in [0.15, 0.2) is 96.0 Å². The number of nitrogens with zero attached hydrogens (tertiary/aromatic N) is 3. The number of hydrogen-bond acceptors (Lipinski definition) is 13. The summed E-state index contributed by atoms with van der Waals surface area (Å²) in [5.41, 5.74) is 7.29. The van der Waals surface area contributed by atoms with E-state index in [1.165, 1.54) is 21.1 Å². The van der Waals surface area contributed by atoms with Gasteiger partial charge >= 0.3 is 0 Å². The van der Waals surface area contributed by atoms with Gasteiger partial charge in [0.1, 0.15) is 19.0 Å². The van der Waals surface area contributed by atoms with Crippen LogP contribution in [0.25, 0.3) is 0 Å². The van der Waals surface area contributed by atoms with Gasteiger partial charge in [0.05, 0.1) is 68.4 Å². The lowest BCUT2D eigenvalue weighted by Gasteiger charge is -2.22. The van der Waals surface area contributed by atoms with Crippen LogP contribution in [-0.4, -0.2) is 99.9 Å². The van der Waals surface area contributed by atoms with Crippen molar-refractivity contribution in [2.75, 3.05) is 60.8 Å². The van der Waals surface area contributed by atoms with Crippen molar-refractivity contribution in [3.8, 4) is 23.0 Å². The molecule has 0 saturated heterocycles. The molecule has 0 spiro atoms. The summed E-state index contributed by atoms with van der Waals surface area (Å²) in [6.45, 7) is 0.757. The van der Waals surface area contributed by atoms with Crippen LogP contribution < -0.4 is 55.3 Å². The first-order chi connectivity index (χ1) is 35.8. The van der Waals surface area contributed by atoms with E-state index in [0.717, 1.165) is 28.9 Å². The summed E-state index contributed by atoms with van der Waals surface area (Å²) < 4.78 is 24.3. The number of amides is 6. The SMILES string of the molecule is COc1cc2c(cc1OCc1cc(COc3cc4c(cc3OC)C(=O)N3c5ccccc5CC3CN4)cc(NC(=O)CNC(=O)CNC(=O)CNC(=O)CCCCC(C)=O)c1)N=C[C@@H]1Cc3ccccc3N1C2=O. The van der Waals surface area contributed by atoms with E-state index >= 15 is 0 Å². The summed E-state index contributed by atoms with van der Waals surface area (Å²) in [4.78, 5) is 97.9. The Morgan fingerprint density at radius 2 is 1.20 bits per heavy atom. The normalized spacial score (nSPS) is 15.6. The van der Waals surface area contributed by atoms with Crippen LogP contribution in [0.1, 0.15) is 75.6 Å². The van der Waals surface area contributed by atoms with Crippen molar-refractivity contribution >= 4 is 75.9 Å². The van der Waals surface area contributed by atoms with Crippen molar-refractivity contribution in [3.63, 3.8) is 0 Å². The average molecular weight is 1010 g/mol. The molecule has 0 aromatic heterocycles. The van der Waals surface area contributed by atoms with Crippen molar-refractivity contribution in [1.82, 2.24) is 16.0 Å². The predicted octanol–water partition coefficient (Wildman–Crippen LogP) is 5.58. The van der Waals surface area contributed by atoms with Gasteiger partial charge < -0.3 is 55.2 Å². The molecule has 9 rings (SSSR count). The number of carbonyl (C=O) groups excluding carboxylic acids is 7. The lowest BCUT2D eigenvalue weighted by Crippen LogP contribution is -2.43. The van der Waals surface area contributed by atoms with Crippen molar-refractivity contribution < 1.29 is 52.5 Å². The number of Topliss-reactive ketones (excluding diaryl/α,β-unsaturated/α-hetero) is 1. The van der Waals surface area contributed by atoms with Gasteiger partial charge in [-0.25, -0.2) is 0 Å². The van der Waals surface area contributed by atoms with Crippen molar-refractivity contribution in [2.45, 2.75) is 70.7 Å². The van der Waals surface area contributed by atoms with Crippen LogP contribution in [-0.2, 0) is 50.0 Å². The largest absolute Gasteiger partial charge is 0.493 e. The Balaban J connectivity index is 0.889. The first-order valence-electron chi connectivity index (χ1n) is 24.4. The van der Waals surface area contributed by atoms with Gasteiger partial charge in [-0.3, -0.25) is 38.7 Å². The Bertz CT molecular complexity index is 3080. The van der Waals surface area contributed by atoms with Crippen LogP contribution in [0, 0.1) is 0 Å². The number of ketones is 1. The van der Waals surface area contributed by atoms with Gasteiger partial charge in [-0.05, 0) is 90.9 Å². The lowest BCUT2D eigenvalue weighted by molar-refractivity contribution is -0.128. The molecule has 382 valence electrons. The molecule has 1 unspecified atom stereocenters. The molecule has 4 aliphatic rings. The number of benzene rings is 5. The van der Waals surface area contributed by atoms with Crippen molar-refractivity contribution in [1.29, 1.82) is 0 Å². The van der Waals surface area contributed by atoms with E-state index in [4.69, 9.17) is 23.9 Å². The molecule has 5 aromatic rings. The highest BCUT2D eigenvalue weighted by molar-refractivity contribution is 6.15. The Morgan fingerprint density at radius 1 is 0.635 bits per heavy atom. The van der Waals surface area contributed by atoms with E-state index in [1.807, 2.05) is 59.5 Å². The Kier molecular flexibility index (Phi) is 15.2. The van der Waals surface area contributed by atoms with Gasteiger partial charge in [-0.15, -0.1) is 0 Å². The van der Waals surface area contributed by atoms with E-state index in [-0.39, 0.29) is 61.8 Å². The highest BCUT2D eigenvalue weighted by Crippen LogP contribution is 2.43. The first-order valence-corrected chi connectivity index (χ1v) is 24.4. The molecule has 6 amide bonds. The average Bonchev–Trinajstić information content (AvgIpc) is 3.89. The minimum atomic E-state index is -0.637. The lowest BCUT2D eigenvalue weighted by atomic mass is 10.1. The van der Waals surface area contributed by atoms with E-state index < -0.39 is 30.8 Å². The second-order valence-electron chi connectivity index (χ2n) is 18.4. The molecule has 0 bridgehead atoms. The zero-order valence-corrected chi connectivity index (χ0v) is 41.2. The van der Waals surface area contributed by atoms with Gasteiger partial charge in [-0.1, -0.05) is 36.4 Å². The highest BCUT2D eigenvalue weighted by atomic mass is 16.5. The third-order valence-electron chi connectivity index (χ3n) is 13.1. The number of para-hydroxylation sites is 2.